The Balaban J connectivity index is 1.31. The zero-order chi connectivity index (χ0) is 22.1. The van der Waals surface area contributed by atoms with Crippen LogP contribution in [0.5, 0.6) is 23.0 Å². The lowest BCUT2D eigenvalue weighted by molar-refractivity contribution is -0.118. The third-order valence-electron chi connectivity index (χ3n) is 4.99. The lowest BCUT2D eigenvalue weighted by Crippen LogP contribution is -2.20. The van der Waals surface area contributed by atoms with E-state index >= 15 is 0 Å². The van der Waals surface area contributed by atoms with Gasteiger partial charge in [0.1, 0.15) is 5.75 Å². The second-order valence-corrected chi connectivity index (χ2v) is 7.09. The lowest BCUT2D eigenvalue weighted by Gasteiger charge is -2.08. The molecule has 162 valence electrons. The number of imidazole rings is 1. The average Bonchev–Trinajstić information content (AvgIpc) is 3.44. The van der Waals surface area contributed by atoms with Crippen LogP contribution in [0.1, 0.15) is 0 Å². The van der Waals surface area contributed by atoms with E-state index in [1.165, 1.54) is 0 Å². The molecule has 3 N–H and O–H groups in total. The molecule has 0 atom stereocenters. The summed E-state index contributed by atoms with van der Waals surface area (Å²) in [7, 11) is 1.57. The Morgan fingerprint density at radius 1 is 1.16 bits per heavy atom. The first-order valence-electron chi connectivity index (χ1n) is 9.84. The Bertz CT molecular complexity index is 1320. The molecule has 0 aliphatic carbocycles. The molecule has 3 heterocycles. The molecule has 1 aliphatic rings. The largest absolute Gasteiger partial charge is 0.495 e. The zero-order valence-electron chi connectivity index (χ0n) is 17.2. The molecule has 0 saturated carbocycles. The minimum atomic E-state index is -0.305. The molecule has 5 rings (SSSR count). The summed E-state index contributed by atoms with van der Waals surface area (Å²) in [5.74, 6) is 2.04. The first kappa shape index (κ1) is 19.6. The highest BCUT2D eigenvalue weighted by Gasteiger charge is 2.15. The number of nitrogens with zero attached hydrogens (tertiary/aromatic N) is 2. The number of benzene rings is 2. The van der Waals surface area contributed by atoms with Crippen molar-refractivity contribution in [3.63, 3.8) is 0 Å². The molecule has 0 fully saturated rings. The summed E-state index contributed by atoms with van der Waals surface area (Å²) in [4.78, 5) is 17.0. The van der Waals surface area contributed by atoms with Crippen LogP contribution < -0.4 is 30.0 Å². The predicted octanol–water partition coefficient (Wildman–Crippen LogP) is 3.34. The fourth-order valence-corrected chi connectivity index (χ4v) is 3.45. The summed E-state index contributed by atoms with van der Waals surface area (Å²) >= 11 is 0. The Kier molecular flexibility index (Phi) is 4.91. The van der Waals surface area contributed by atoms with Crippen molar-refractivity contribution in [2.75, 3.05) is 31.6 Å². The molecule has 32 heavy (non-hydrogen) atoms. The topological polar surface area (TPSA) is 109 Å². The number of nitrogens with two attached hydrogens (primary N) is 1. The molecule has 9 nitrogen and oxygen atoms in total. The molecule has 2 aromatic carbocycles. The van der Waals surface area contributed by atoms with Gasteiger partial charge in [0.2, 0.25) is 6.79 Å². The number of aromatic nitrogens is 2. The van der Waals surface area contributed by atoms with Gasteiger partial charge in [0.05, 0.1) is 18.5 Å². The molecular formula is C23H20N4O5. The van der Waals surface area contributed by atoms with Gasteiger partial charge in [-0.2, -0.15) is 0 Å². The van der Waals surface area contributed by atoms with Gasteiger partial charge < -0.3 is 34.4 Å². The van der Waals surface area contributed by atoms with Gasteiger partial charge in [-0.1, -0.05) is 0 Å². The normalized spacial score (nSPS) is 12.0. The molecule has 0 saturated heterocycles. The minimum absolute atomic E-state index is 0.175. The van der Waals surface area contributed by atoms with Gasteiger partial charge in [-0.3, -0.25) is 4.79 Å². The van der Waals surface area contributed by atoms with E-state index in [9.17, 15) is 4.79 Å². The first-order valence-corrected chi connectivity index (χ1v) is 9.84. The molecule has 2 aromatic heterocycles. The number of methoxy groups -OCH3 is 1. The van der Waals surface area contributed by atoms with Crippen LogP contribution in [-0.4, -0.2) is 35.8 Å². The Labute approximate surface area is 183 Å². The van der Waals surface area contributed by atoms with E-state index in [0.29, 0.717) is 40.0 Å². The molecule has 0 radical (unpaired) electrons. The van der Waals surface area contributed by atoms with Crippen molar-refractivity contribution in [2.45, 2.75) is 0 Å². The molecule has 0 spiro atoms. The minimum Gasteiger partial charge on any atom is -0.495 e. The van der Waals surface area contributed by atoms with Gasteiger partial charge >= 0.3 is 0 Å². The van der Waals surface area contributed by atoms with Crippen LogP contribution in [0.15, 0.2) is 60.9 Å². The second kappa shape index (κ2) is 8.03. The Morgan fingerprint density at radius 2 is 2.03 bits per heavy atom. The fourth-order valence-electron chi connectivity index (χ4n) is 3.45. The first-order chi connectivity index (χ1) is 15.6. The van der Waals surface area contributed by atoms with Crippen molar-refractivity contribution in [3.05, 3.63) is 60.9 Å². The standard InChI is InChI=1S/C23H20N4O5/c1-29-18-6-4-14(9-16(18)24)17-11-27-8-2-3-20(23(27)26-17)30-12-22(28)25-15-5-7-19-21(10-15)32-13-31-19/h2-11H,12-13,24H2,1H3,(H,25,28). The summed E-state index contributed by atoms with van der Waals surface area (Å²) in [5, 5.41) is 2.79. The number of hydrogen-bond acceptors (Lipinski definition) is 7. The molecule has 1 aliphatic heterocycles. The summed E-state index contributed by atoms with van der Waals surface area (Å²) in [6.07, 6.45) is 3.73. The number of rotatable bonds is 6. The van der Waals surface area contributed by atoms with Crippen LogP contribution in [-0.2, 0) is 4.79 Å². The van der Waals surface area contributed by atoms with E-state index in [0.717, 1.165) is 11.3 Å². The van der Waals surface area contributed by atoms with Crippen LogP contribution in [0, 0.1) is 0 Å². The number of ether oxygens (including phenoxy) is 4. The van der Waals surface area contributed by atoms with E-state index in [-0.39, 0.29) is 19.3 Å². The van der Waals surface area contributed by atoms with Gasteiger partial charge in [-0.05, 0) is 42.5 Å². The predicted molar refractivity (Wildman–Crippen MR) is 118 cm³/mol. The zero-order valence-corrected chi connectivity index (χ0v) is 17.2. The highest BCUT2D eigenvalue weighted by atomic mass is 16.7. The van der Waals surface area contributed by atoms with Crippen molar-refractivity contribution >= 4 is 22.9 Å². The SMILES string of the molecule is COc1ccc(-c2cn3cccc(OCC(=O)Nc4ccc5c(c4)OCO5)c3n2)cc1N. The molecule has 0 unspecified atom stereocenters. The van der Waals surface area contributed by atoms with Gasteiger partial charge in [0, 0.05) is 29.7 Å². The van der Waals surface area contributed by atoms with Crippen molar-refractivity contribution in [2.24, 2.45) is 0 Å². The monoisotopic (exact) mass is 432 g/mol. The molecule has 4 aromatic rings. The van der Waals surface area contributed by atoms with Crippen LogP contribution in [0.4, 0.5) is 11.4 Å². The summed E-state index contributed by atoms with van der Waals surface area (Å²) in [5.41, 5.74) is 9.31. The summed E-state index contributed by atoms with van der Waals surface area (Å²) in [6.45, 7) is 0.00105. The molecule has 9 heteroatoms. The van der Waals surface area contributed by atoms with Crippen molar-refractivity contribution in [1.29, 1.82) is 0 Å². The second-order valence-electron chi connectivity index (χ2n) is 7.09. The van der Waals surface area contributed by atoms with E-state index in [2.05, 4.69) is 10.3 Å². The Morgan fingerprint density at radius 3 is 2.88 bits per heavy atom. The molecule has 0 bridgehead atoms. The quantitative estimate of drug-likeness (QED) is 0.450. The summed E-state index contributed by atoms with van der Waals surface area (Å²) < 4.78 is 23.4. The van der Waals surface area contributed by atoms with E-state index in [4.69, 9.17) is 24.7 Å². The summed E-state index contributed by atoms with van der Waals surface area (Å²) in [6, 6.07) is 14.3. The van der Waals surface area contributed by atoms with Crippen molar-refractivity contribution in [1.82, 2.24) is 9.38 Å². The van der Waals surface area contributed by atoms with Crippen LogP contribution in [0.25, 0.3) is 16.9 Å². The van der Waals surface area contributed by atoms with E-state index < -0.39 is 0 Å². The van der Waals surface area contributed by atoms with E-state index in [1.54, 1.807) is 43.5 Å². The van der Waals surface area contributed by atoms with Crippen molar-refractivity contribution < 1.29 is 23.7 Å². The van der Waals surface area contributed by atoms with Crippen molar-refractivity contribution in [3.8, 4) is 34.3 Å². The highest BCUT2D eigenvalue weighted by molar-refractivity contribution is 5.92. The van der Waals surface area contributed by atoms with Gasteiger partial charge in [-0.25, -0.2) is 4.98 Å². The maximum atomic E-state index is 12.4. The highest BCUT2D eigenvalue weighted by Crippen LogP contribution is 2.34. The maximum Gasteiger partial charge on any atom is 0.262 e. The van der Waals surface area contributed by atoms with Crippen LogP contribution in [0.3, 0.4) is 0 Å². The number of fused-ring (bicyclic) bond motifs is 2. The number of amides is 1. The van der Waals surface area contributed by atoms with Crippen LogP contribution >= 0.6 is 0 Å². The average molecular weight is 432 g/mol. The smallest absolute Gasteiger partial charge is 0.262 e. The number of carbonyl (C=O) groups excluding carboxylic acids is 1. The van der Waals surface area contributed by atoms with Crippen LogP contribution in [0.2, 0.25) is 0 Å². The van der Waals surface area contributed by atoms with E-state index in [1.807, 2.05) is 28.9 Å². The van der Waals surface area contributed by atoms with Gasteiger partial charge in [-0.15, -0.1) is 0 Å². The molecule has 1 amide bonds. The number of carbonyl (C=O) groups is 1. The number of nitrogens with one attached hydrogen (secondary N) is 1. The number of nitrogen functional groups attached to an aromatic ring is 1. The number of pyridine rings is 1. The number of anilines is 2. The third-order valence-corrected chi connectivity index (χ3v) is 4.99. The molecular weight excluding hydrogens is 412 g/mol. The van der Waals surface area contributed by atoms with Gasteiger partial charge in [0.15, 0.2) is 29.5 Å². The third kappa shape index (κ3) is 3.71. The Hall–Kier alpha value is -4.40. The fraction of sp³-hybridized carbons (Fsp3) is 0.130. The number of hydrogen-bond donors (Lipinski definition) is 2. The lowest BCUT2D eigenvalue weighted by atomic mass is 10.1. The maximum absolute atomic E-state index is 12.4. The van der Waals surface area contributed by atoms with Gasteiger partial charge in [0.25, 0.3) is 5.91 Å².